The number of allylic oxidation sites excluding steroid dienone is 2. The number of hydrogen-bond donors (Lipinski definition) is 1. The molecule has 0 bridgehead atoms. The molecule has 10 heavy (non-hydrogen) atoms. The van der Waals surface area contributed by atoms with Crippen LogP contribution in [0.2, 0.25) is 0 Å². The highest BCUT2D eigenvalue weighted by molar-refractivity contribution is 5.80. The van der Waals surface area contributed by atoms with E-state index in [1.165, 1.54) is 0 Å². The lowest BCUT2D eigenvalue weighted by Crippen LogP contribution is -2.11. The molecule has 0 aromatic carbocycles. The largest absolute Gasteiger partial charge is 0.402 e. The number of carbonyl (C=O) groups is 1. The summed E-state index contributed by atoms with van der Waals surface area (Å²) >= 11 is 0. The molecule has 0 heterocycles. The fourth-order valence-electron chi connectivity index (χ4n) is 0.646. The van der Waals surface area contributed by atoms with Crippen molar-refractivity contribution in [3.8, 4) is 0 Å². The molecule has 0 aliphatic rings. The van der Waals surface area contributed by atoms with E-state index in [4.69, 9.17) is 5.73 Å². The monoisotopic (exact) mass is 141 g/mol. The van der Waals surface area contributed by atoms with Crippen LogP contribution in [0.5, 0.6) is 0 Å². The van der Waals surface area contributed by atoms with Crippen LogP contribution in [0.1, 0.15) is 27.7 Å². The predicted octanol–water partition coefficient (Wildman–Crippen LogP) is 1.46. The maximum absolute atomic E-state index is 10.8. The summed E-state index contributed by atoms with van der Waals surface area (Å²) in [5.74, 6) is 0.146. The van der Waals surface area contributed by atoms with Gasteiger partial charge in [0, 0.05) is 11.6 Å². The topological polar surface area (TPSA) is 43.1 Å². The van der Waals surface area contributed by atoms with Crippen LogP contribution in [-0.2, 0) is 4.79 Å². The molecule has 58 valence electrons. The maximum atomic E-state index is 10.8. The van der Waals surface area contributed by atoms with Gasteiger partial charge in [0.15, 0.2) is 0 Å². The summed E-state index contributed by atoms with van der Waals surface area (Å²) in [6, 6.07) is 0. The van der Waals surface area contributed by atoms with Crippen LogP contribution in [-0.4, -0.2) is 5.78 Å². The van der Waals surface area contributed by atoms with Crippen molar-refractivity contribution < 1.29 is 4.79 Å². The van der Waals surface area contributed by atoms with Crippen LogP contribution in [0.25, 0.3) is 0 Å². The molecule has 0 aliphatic heterocycles. The van der Waals surface area contributed by atoms with Gasteiger partial charge in [-0.25, -0.2) is 0 Å². The Balaban J connectivity index is 4.37. The molecule has 0 aromatic rings. The fraction of sp³-hybridized carbons (Fsp3) is 0.625. The smallest absolute Gasteiger partial charge is 0.136 e. The van der Waals surface area contributed by atoms with Crippen molar-refractivity contribution in [2.24, 2.45) is 11.7 Å². The van der Waals surface area contributed by atoms with Gasteiger partial charge in [0.1, 0.15) is 5.78 Å². The van der Waals surface area contributed by atoms with Crippen LogP contribution in [0, 0.1) is 5.92 Å². The first kappa shape index (κ1) is 9.21. The Labute approximate surface area is 62.1 Å². The van der Waals surface area contributed by atoms with Gasteiger partial charge >= 0.3 is 0 Å². The van der Waals surface area contributed by atoms with Crippen LogP contribution in [0.15, 0.2) is 11.3 Å². The molecule has 0 aromatic heterocycles. The highest BCUT2D eigenvalue weighted by Gasteiger charge is 2.10. The quantitative estimate of drug-likeness (QED) is 0.632. The Morgan fingerprint density at radius 1 is 1.30 bits per heavy atom. The summed E-state index contributed by atoms with van der Waals surface area (Å²) in [7, 11) is 0. The summed E-state index contributed by atoms with van der Waals surface area (Å²) < 4.78 is 0. The zero-order valence-electron chi connectivity index (χ0n) is 7.06. The van der Waals surface area contributed by atoms with Crippen molar-refractivity contribution in [3.05, 3.63) is 11.3 Å². The Bertz CT molecular complexity index is 166. The molecule has 2 N–H and O–H groups in total. The molecule has 2 heteroatoms. The van der Waals surface area contributed by atoms with E-state index in [0.717, 1.165) is 11.3 Å². The molecule has 0 spiro atoms. The molecule has 0 saturated carbocycles. The molecule has 0 amide bonds. The third-order valence-electron chi connectivity index (χ3n) is 1.88. The minimum Gasteiger partial charge on any atom is -0.402 e. The van der Waals surface area contributed by atoms with E-state index in [2.05, 4.69) is 0 Å². The van der Waals surface area contributed by atoms with Crippen molar-refractivity contribution in [1.29, 1.82) is 0 Å². The Kier molecular flexibility index (Phi) is 3.13. The average Bonchev–Trinajstić information content (AvgIpc) is 1.84. The third-order valence-corrected chi connectivity index (χ3v) is 1.88. The lowest BCUT2D eigenvalue weighted by Gasteiger charge is -2.08. The minimum absolute atomic E-state index is 0.0231. The van der Waals surface area contributed by atoms with Gasteiger partial charge in [-0.3, -0.25) is 4.79 Å². The third kappa shape index (κ3) is 2.21. The van der Waals surface area contributed by atoms with E-state index in [1.807, 2.05) is 20.8 Å². The maximum Gasteiger partial charge on any atom is 0.136 e. The Morgan fingerprint density at radius 2 is 1.70 bits per heavy atom. The number of hydrogen-bond acceptors (Lipinski definition) is 2. The lowest BCUT2D eigenvalue weighted by atomic mass is 9.98. The molecule has 1 atom stereocenters. The van der Waals surface area contributed by atoms with E-state index in [0.29, 0.717) is 0 Å². The van der Waals surface area contributed by atoms with Crippen LogP contribution < -0.4 is 5.73 Å². The second-order valence-corrected chi connectivity index (χ2v) is 2.70. The first-order chi connectivity index (χ1) is 4.46. The van der Waals surface area contributed by atoms with E-state index >= 15 is 0 Å². The molecule has 0 radical (unpaired) electrons. The van der Waals surface area contributed by atoms with E-state index in [1.54, 1.807) is 6.92 Å². The summed E-state index contributed by atoms with van der Waals surface area (Å²) in [5, 5.41) is 0. The molecule has 2 nitrogen and oxygen atoms in total. The number of rotatable bonds is 2. The van der Waals surface area contributed by atoms with Gasteiger partial charge in [-0.1, -0.05) is 6.92 Å². The van der Waals surface area contributed by atoms with Crippen LogP contribution in [0.3, 0.4) is 0 Å². The summed E-state index contributed by atoms with van der Waals surface area (Å²) in [4.78, 5) is 10.8. The predicted molar refractivity (Wildman–Crippen MR) is 42.4 cm³/mol. The van der Waals surface area contributed by atoms with Gasteiger partial charge in [0.05, 0.1) is 0 Å². The van der Waals surface area contributed by atoms with E-state index in [-0.39, 0.29) is 11.7 Å². The van der Waals surface area contributed by atoms with Gasteiger partial charge < -0.3 is 5.73 Å². The van der Waals surface area contributed by atoms with E-state index in [9.17, 15) is 4.79 Å². The van der Waals surface area contributed by atoms with Gasteiger partial charge in [-0.2, -0.15) is 0 Å². The summed E-state index contributed by atoms with van der Waals surface area (Å²) in [5.41, 5.74) is 7.23. The molecular weight excluding hydrogens is 126 g/mol. The van der Waals surface area contributed by atoms with E-state index < -0.39 is 0 Å². The zero-order valence-corrected chi connectivity index (χ0v) is 7.06. The van der Waals surface area contributed by atoms with Crippen LogP contribution in [0.4, 0.5) is 0 Å². The first-order valence-electron chi connectivity index (χ1n) is 3.40. The fourth-order valence-corrected chi connectivity index (χ4v) is 0.646. The second-order valence-electron chi connectivity index (χ2n) is 2.70. The minimum atomic E-state index is -0.0231. The van der Waals surface area contributed by atoms with Gasteiger partial charge in [-0.05, 0) is 26.3 Å². The van der Waals surface area contributed by atoms with Gasteiger partial charge in [0.25, 0.3) is 0 Å². The molecule has 0 fully saturated rings. The van der Waals surface area contributed by atoms with Crippen molar-refractivity contribution >= 4 is 5.78 Å². The van der Waals surface area contributed by atoms with Crippen molar-refractivity contribution in [2.45, 2.75) is 27.7 Å². The number of carbonyl (C=O) groups excluding carboxylic acids is 1. The van der Waals surface area contributed by atoms with Crippen molar-refractivity contribution in [3.63, 3.8) is 0 Å². The van der Waals surface area contributed by atoms with Gasteiger partial charge in [0.2, 0.25) is 0 Å². The van der Waals surface area contributed by atoms with Crippen LogP contribution >= 0.6 is 0 Å². The van der Waals surface area contributed by atoms with Crippen molar-refractivity contribution in [1.82, 2.24) is 0 Å². The first-order valence-corrected chi connectivity index (χ1v) is 3.40. The highest BCUT2D eigenvalue weighted by atomic mass is 16.1. The number of nitrogens with two attached hydrogens (primary N) is 1. The molecular formula is C8H15NO. The second kappa shape index (κ2) is 3.40. The SMILES string of the molecule is CC(=O)C(C)/C(C)=C(/C)N. The Morgan fingerprint density at radius 3 is 1.80 bits per heavy atom. The average molecular weight is 141 g/mol. The Hall–Kier alpha value is -0.790. The number of ketones is 1. The summed E-state index contributed by atoms with van der Waals surface area (Å²) in [6.45, 7) is 7.15. The standard InChI is InChI=1S/C8H15NO/c1-5(7(3)9)6(2)8(4)10/h6H,9H2,1-4H3/b7-5-. The summed E-state index contributed by atoms with van der Waals surface area (Å²) in [6.07, 6.45) is 0. The molecule has 0 saturated heterocycles. The number of Topliss-reactive ketones (excluding diaryl/α,β-unsaturated/α-hetero) is 1. The zero-order chi connectivity index (χ0) is 8.31. The van der Waals surface area contributed by atoms with Gasteiger partial charge in [-0.15, -0.1) is 0 Å². The molecule has 0 rings (SSSR count). The normalized spacial score (nSPS) is 16.0. The lowest BCUT2D eigenvalue weighted by molar-refractivity contribution is -0.119. The molecule has 0 aliphatic carbocycles. The van der Waals surface area contributed by atoms with Crippen molar-refractivity contribution in [2.75, 3.05) is 0 Å². The molecule has 1 unspecified atom stereocenters. The highest BCUT2D eigenvalue weighted by Crippen LogP contribution is 2.11.